The molecule has 1 aliphatic heterocycles. The minimum Gasteiger partial charge on any atom is -0.372 e. The molecule has 1 rings (SSSR count). The van der Waals surface area contributed by atoms with E-state index in [-0.39, 0.29) is 11.9 Å². The average molecular weight is 244 g/mol. The normalized spacial score (nSPS) is 17.4. The highest BCUT2D eigenvalue weighted by molar-refractivity contribution is 5.96. The van der Waals surface area contributed by atoms with Crippen LogP contribution in [0.3, 0.4) is 0 Å². The minimum atomic E-state index is -5.87. The van der Waals surface area contributed by atoms with Crippen LogP contribution in [0.5, 0.6) is 0 Å². The Balaban J connectivity index is 2.78. The van der Waals surface area contributed by atoms with Crippen molar-refractivity contribution in [1.82, 2.24) is 10.6 Å². The maximum absolute atomic E-state index is 12.5. The summed E-state index contributed by atoms with van der Waals surface area (Å²) in [5.74, 6) is -7.74. The Morgan fingerprint density at radius 3 is 2.06 bits per heavy atom. The highest BCUT2D eigenvalue weighted by atomic mass is 19.4. The van der Waals surface area contributed by atoms with E-state index in [1.54, 1.807) is 0 Å². The molecular formula is C8H9F5N2O. The first-order chi connectivity index (χ1) is 7.25. The molecule has 2 N–H and O–H groups in total. The lowest BCUT2D eigenvalue weighted by atomic mass is 10.2. The monoisotopic (exact) mass is 244 g/mol. The number of nitrogens with one attached hydrogen (secondary N) is 2. The summed E-state index contributed by atoms with van der Waals surface area (Å²) < 4.78 is 60.4. The van der Waals surface area contributed by atoms with Crippen molar-refractivity contribution in [2.45, 2.75) is 18.5 Å². The fraction of sp³-hybridized carbons (Fsp3) is 0.625. The van der Waals surface area contributed by atoms with Gasteiger partial charge < -0.3 is 10.6 Å². The lowest BCUT2D eigenvalue weighted by molar-refractivity contribution is -0.266. The Bertz CT molecular complexity index is 302. The number of carbonyl (C=O) groups excluding carboxylic acids is 1. The van der Waals surface area contributed by atoms with Crippen molar-refractivity contribution in [1.29, 1.82) is 0 Å². The SMILES string of the molecule is O=C(C=C1NCCCN1)C(F)(F)C(F)(F)F. The molecule has 0 atom stereocenters. The van der Waals surface area contributed by atoms with Gasteiger partial charge in [-0.25, -0.2) is 0 Å². The van der Waals surface area contributed by atoms with E-state index >= 15 is 0 Å². The first-order valence-corrected chi connectivity index (χ1v) is 4.43. The van der Waals surface area contributed by atoms with E-state index in [4.69, 9.17) is 0 Å². The number of halogens is 5. The second-order valence-electron chi connectivity index (χ2n) is 3.20. The third-order valence-electron chi connectivity index (χ3n) is 1.93. The molecule has 0 unspecified atom stereocenters. The van der Waals surface area contributed by atoms with Gasteiger partial charge in [0.1, 0.15) is 5.82 Å². The molecule has 0 spiro atoms. The lowest BCUT2D eigenvalue weighted by Crippen LogP contribution is -2.44. The number of hydrogen-bond acceptors (Lipinski definition) is 3. The molecular weight excluding hydrogens is 235 g/mol. The van der Waals surface area contributed by atoms with Crippen molar-refractivity contribution in [3.63, 3.8) is 0 Å². The molecule has 0 aliphatic carbocycles. The Hall–Kier alpha value is -1.34. The van der Waals surface area contributed by atoms with E-state index < -0.39 is 17.9 Å². The molecule has 92 valence electrons. The van der Waals surface area contributed by atoms with Gasteiger partial charge in [0.25, 0.3) is 0 Å². The van der Waals surface area contributed by atoms with Gasteiger partial charge in [-0.1, -0.05) is 0 Å². The van der Waals surface area contributed by atoms with Crippen molar-refractivity contribution < 1.29 is 26.7 Å². The minimum absolute atomic E-state index is 0.111. The zero-order chi connectivity index (χ0) is 12.4. The number of hydrogen-bond donors (Lipinski definition) is 2. The van der Waals surface area contributed by atoms with Crippen molar-refractivity contribution in [2.24, 2.45) is 0 Å². The van der Waals surface area contributed by atoms with Crippen molar-refractivity contribution >= 4 is 5.78 Å². The predicted molar refractivity (Wildman–Crippen MR) is 44.7 cm³/mol. The first-order valence-electron chi connectivity index (χ1n) is 4.43. The van der Waals surface area contributed by atoms with Crippen molar-refractivity contribution in [2.75, 3.05) is 13.1 Å². The van der Waals surface area contributed by atoms with E-state index in [0.29, 0.717) is 19.5 Å². The Kier molecular flexibility index (Phi) is 3.39. The van der Waals surface area contributed by atoms with Crippen molar-refractivity contribution in [3.8, 4) is 0 Å². The van der Waals surface area contributed by atoms with E-state index in [1.807, 2.05) is 0 Å². The number of alkyl halides is 5. The molecule has 0 aromatic heterocycles. The summed E-state index contributed by atoms with van der Waals surface area (Å²) in [5, 5.41) is 5.00. The van der Waals surface area contributed by atoms with E-state index in [9.17, 15) is 26.7 Å². The lowest BCUT2D eigenvalue weighted by Gasteiger charge is -2.21. The molecule has 8 heteroatoms. The molecule has 1 fully saturated rings. The summed E-state index contributed by atoms with van der Waals surface area (Å²) in [6.07, 6.45) is -4.93. The summed E-state index contributed by atoms with van der Waals surface area (Å²) in [7, 11) is 0. The molecule has 0 bridgehead atoms. The summed E-state index contributed by atoms with van der Waals surface area (Å²) in [4.78, 5) is 10.8. The van der Waals surface area contributed by atoms with E-state index in [1.165, 1.54) is 0 Å². The van der Waals surface area contributed by atoms with Crippen LogP contribution in [-0.4, -0.2) is 31.0 Å². The average Bonchev–Trinajstić information content (AvgIpc) is 2.17. The molecule has 1 heterocycles. The van der Waals surface area contributed by atoms with Gasteiger partial charge in [-0.15, -0.1) is 0 Å². The Morgan fingerprint density at radius 1 is 1.12 bits per heavy atom. The van der Waals surface area contributed by atoms with Crippen LogP contribution in [0.15, 0.2) is 11.9 Å². The zero-order valence-corrected chi connectivity index (χ0v) is 8.00. The van der Waals surface area contributed by atoms with Crippen LogP contribution in [0.2, 0.25) is 0 Å². The summed E-state index contributed by atoms with van der Waals surface area (Å²) in [5.41, 5.74) is 0. The molecule has 0 aromatic rings. The predicted octanol–water partition coefficient (Wildman–Crippen LogP) is 1.18. The van der Waals surface area contributed by atoms with Crippen LogP contribution in [0, 0.1) is 0 Å². The molecule has 1 saturated heterocycles. The van der Waals surface area contributed by atoms with Gasteiger partial charge in [0, 0.05) is 19.2 Å². The summed E-state index contributed by atoms with van der Waals surface area (Å²) in [6.45, 7) is 0.841. The van der Waals surface area contributed by atoms with Gasteiger partial charge in [0.05, 0.1) is 0 Å². The van der Waals surface area contributed by atoms with Gasteiger partial charge in [-0.2, -0.15) is 22.0 Å². The largest absolute Gasteiger partial charge is 0.461 e. The Labute approximate surface area is 87.7 Å². The molecule has 0 aromatic carbocycles. The topological polar surface area (TPSA) is 41.1 Å². The van der Waals surface area contributed by atoms with E-state index in [0.717, 1.165) is 0 Å². The highest BCUT2D eigenvalue weighted by Crippen LogP contribution is 2.36. The zero-order valence-electron chi connectivity index (χ0n) is 8.00. The maximum atomic E-state index is 12.5. The van der Waals surface area contributed by atoms with Crippen LogP contribution in [0.25, 0.3) is 0 Å². The van der Waals surface area contributed by atoms with Crippen LogP contribution in [0.1, 0.15) is 6.42 Å². The third kappa shape index (κ3) is 2.61. The van der Waals surface area contributed by atoms with Gasteiger partial charge in [0.2, 0.25) is 5.78 Å². The quantitative estimate of drug-likeness (QED) is 0.566. The number of allylic oxidation sites excluding steroid dienone is 1. The van der Waals surface area contributed by atoms with Gasteiger partial charge in [-0.05, 0) is 6.42 Å². The second kappa shape index (κ2) is 4.26. The maximum Gasteiger partial charge on any atom is 0.461 e. The molecule has 0 saturated carbocycles. The third-order valence-corrected chi connectivity index (χ3v) is 1.93. The van der Waals surface area contributed by atoms with Crippen LogP contribution >= 0.6 is 0 Å². The fourth-order valence-electron chi connectivity index (χ4n) is 1.06. The fourth-order valence-corrected chi connectivity index (χ4v) is 1.06. The molecule has 16 heavy (non-hydrogen) atoms. The van der Waals surface area contributed by atoms with E-state index in [2.05, 4.69) is 10.6 Å². The second-order valence-corrected chi connectivity index (χ2v) is 3.20. The van der Waals surface area contributed by atoms with Crippen molar-refractivity contribution in [3.05, 3.63) is 11.9 Å². The van der Waals surface area contributed by atoms with Crippen LogP contribution in [-0.2, 0) is 4.79 Å². The van der Waals surface area contributed by atoms with Gasteiger partial charge in [0.15, 0.2) is 0 Å². The number of ketones is 1. The molecule has 0 amide bonds. The first kappa shape index (κ1) is 12.7. The standard InChI is InChI=1S/C8H9F5N2O/c9-7(10,8(11,12)13)5(16)4-6-14-2-1-3-15-6/h4,14-15H,1-3H2. The van der Waals surface area contributed by atoms with Gasteiger partial charge in [-0.3, -0.25) is 4.79 Å². The van der Waals surface area contributed by atoms with Gasteiger partial charge >= 0.3 is 12.1 Å². The molecule has 3 nitrogen and oxygen atoms in total. The smallest absolute Gasteiger partial charge is 0.372 e. The van der Waals surface area contributed by atoms with Crippen LogP contribution in [0.4, 0.5) is 22.0 Å². The number of carbonyl (C=O) groups is 1. The molecule has 0 radical (unpaired) electrons. The highest BCUT2D eigenvalue weighted by Gasteiger charge is 2.62. The number of rotatable bonds is 2. The Morgan fingerprint density at radius 2 is 1.62 bits per heavy atom. The molecule has 1 aliphatic rings. The summed E-state index contributed by atoms with van der Waals surface area (Å²) >= 11 is 0. The van der Waals surface area contributed by atoms with Crippen LogP contribution < -0.4 is 10.6 Å². The summed E-state index contributed by atoms with van der Waals surface area (Å²) in [6, 6.07) is 0.